The largest absolute Gasteiger partial charge is 0.465 e. The molecule has 2 aliphatic rings. The summed E-state index contributed by atoms with van der Waals surface area (Å²) in [6, 6.07) is 2.39. The van der Waals surface area contributed by atoms with Crippen molar-refractivity contribution in [3.8, 4) is 6.07 Å². The second kappa shape index (κ2) is 7.85. The van der Waals surface area contributed by atoms with Gasteiger partial charge < -0.3 is 4.74 Å². The lowest BCUT2D eigenvalue weighted by Crippen LogP contribution is -2.12. The number of carbonyl (C=O) groups is 1. The molecule has 0 aromatic carbocycles. The van der Waals surface area contributed by atoms with E-state index in [0.29, 0.717) is 23.1 Å². The van der Waals surface area contributed by atoms with E-state index in [1.807, 2.05) is 0 Å². The summed E-state index contributed by atoms with van der Waals surface area (Å²) in [5.41, 5.74) is 4.32. The quantitative estimate of drug-likeness (QED) is 0.461. The number of esters is 1. The van der Waals surface area contributed by atoms with E-state index in [0.717, 1.165) is 44.2 Å². The Labute approximate surface area is 147 Å². The van der Waals surface area contributed by atoms with Crippen LogP contribution in [0.4, 0.5) is 0 Å². The van der Waals surface area contributed by atoms with Crippen molar-refractivity contribution in [1.82, 2.24) is 4.98 Å². The number of ether oxygens (including phenoxy) is 1. The van der Waals surface area contributed by atoms with Crippen LogP contribution in [-0.2, 0) is 22.4 Å². The first-order valence-electron chi connectivity index (χ1n) is 8.63. The summed E-state index contributed by atoms with van der Waals surface area (Å²) < 4.78 is 5.00. The van der Waals surface area contributed by atoms with Crippen molar-refractivity contribution in [3.05, 3.63) is 34.5 Å². The number of aromatic nitrogens is 1. The van der Waals surface area contributed by atoms with Crippen LogP contribution < -0.4 is 0 Å². The molecule has 24 heavy (non-hydrogen) atoms. The predicted octanol–water partition coefficient (Wildman–Crippen LogP) is 3.92. The van der Waals surface area contributed by atoms with Crippen LogP contribution in [0, 0.1) is 11.3 Å². The topological polar surface area (TPSA) is 63.0 Å². The highest BCUT2D eigenvalue weighted by atomic mass is 32.2. The molecule has 1 aromatic rings. The fraction of sp³-hybridized carbons (Fsp3) is 0.526. The van der Waals surface area contributed by atoms with E-state index in [9.17, 15) is 10.1 Å². The molecule has 0 radical (unpaired) electrons. The van der Waals surface area contributed by atoms with E-state index in [1.54, 1.807) is 6.92 Å². The Hall–Kier alpha value is -1.80. The third-order valence-electron chi connectivity index (χ3n) is 4.65. The van der Waals surface area contributed by atoms with E-state index in [1.165, 1.54) is 22.9 Å². The lowest BCUT2D eigenvalue weighted by Gasteiger charge is -2.23. The van der Waals surface area contributed by atoms with Crippen molar-refractivity contribution < 1.29 is 9.53 Å². The average Bonchev–Trinajstić information content (AvgIpc) is 3.07. The van der Waals surface area contributed by atoms with Gasteiger partial charge >= 0.3 is 5.97 Å². The summed E-state index contributed by atoms with van der Waals surface area (Å²) in [5, 5.41) is 10.5. The van der Waals surface area contributed by atoms with Crippen molar-refractivity contribution >= 4 is 17.7 Å². The van der Waals surface area contributed by atoms with Gasteiger partial charge in [-0.25, -0.2) is 4.98 Å². The average molecular weight is 342 g/mol. The Morgan fingerprint density at radius 2 is 2.33 bits per heavy atom. The summed E-state index contributed by atoms with van der Waals surface area (Å²) >= 11 is 1.34. The van der Waals surface area contributed by atoms with Crippen LogP contribution in [-0.4, -0.2) is 23.3 Å². The first kappa shape index (κ1) is 17.0. The highest BCUT2D eigenvalue weighted by Crippen LogP contribution is 2.40. The molecule has 0 N–H and O–H groups in total. The molecule has 3 rings (SSSR count). The minimum atomic E-state index is -0.254. The number of carbonyl (C=O) groups excluding carboxylic acids is 1. The molecule has 0 saturated heterocycles. The Morgan fingerprint density at radius 3 is 3.04 bits per heavy atom. The van der Waals surface area contributed by atoms with E-state index >= 15 is 0 Å². The number of hydrogen-bond donors (Lipinski definition) is 0. The van der Waals surface area contributed by atoms with Gasteiger partial charge in [-0.15, -0.1) is 0 Å². The van der Waals surface area contributed by atoms with Crippen molar-refractivity contribution in [2.45, 2.75) is 56.4 Å². The number of pyridine rings is 1. The molecule has 0 aliphatic heterocycles. The second-order valence-corrected chi connectivity index (χ2v) is 7.14. The smallest absolute Gasteiger partial charge is 0.316 e. The summed E-state index contributed by atoms with van der Waals surface area (Å²) in [5.74, 6) is 0.357. The molecular formula is C19H22N2O2S. The van der Waals surface area contributed by atoms with Gasteiger partial charge in [0.1, 0.15) is 11.1 Å². The number of hydrogen-bond acceptors (Lipinski definition) is 5. The standard InChI is InChI=1S/C19H22N2O2S/c1-2-23-17(22)12-24-19-15(11-20)18(13-7-4-3-5-8-13)14-9-6-10-16(14)21-19/h3-4,13H,2,5-10,12H2,1H3. The maximum atomic E-state index is 11.7. The monoisotopic (exact) mass is 342 g/mol. The molecule has 1 atom stereocenters. The molecule has 1 heterocycles. The van der Waals surface area contributed by atoms with Crippen LogP contribution in [0.3, 0.4) is 0 Å². The molecule has 0 fully saturated rings. The summed E-state index contributed by atoms with van der Waals surface area (Å²) in [6.45, 7) is 2.17. The second-order valence-electron chi connectivity index (χ2n) is 6.17. The van der Waals surface area contributed by atoms with Gasteiger partial charge in [0.2, 0.25) is 0 Å². The fourth-order valence-corrected chi connectivity index (χ4v) is 4.45. The Bertz CT molecular complexity index is 706. The third kappa shape index (κ3) is 3.49. The van der Waals surface area contributed by atoms with Crippen LogP contribution in [0.5, 0.6) is 0 Å². The molecule has 4 nitrogen and oxygen atoms in total. The van der Waals surface area contributed by atoms with Gasteiger partial charge in [0.25, 0.3) is 0 Å². The predicted molar refractivity (Wildman–Crippen MR) is 94.1 cm³/mol. The molecule has 126 valence electrons. The number of fused-ring (bicyclic) bond motifs is 1. The zero-order valence-electron chi connectivity index (χ0n) is 14.0. The van der Waals surface area contributed by atoms with Crippen molar-refractivity contribution in [1.29, 1.82) is 5.26 Å². The number of rotatable bonds is 5. The maximum absolute atomic E-state index is 11.7. The van der Waals surface area contributed by atoms with E-state index in [2.05, 4.69) is 18.2 Å². The Morgan fingerprint density at radius 1 is 1.46 bits per heavy atom. The number of nitriles is 1. The zero-order chi connectivity index (χ0) is 16.9. The lowest BCUT2D eigenvalue weighted by molar-refractivity contribution is -0.139. The Balaban J connectivity index is 1.96. The molecule has 1 unspecified atom stereocenters. The molecule has 2 aliphatic carbocycles. The first-order chi connectivity index (χ1) is 11.7. The SMILES string of the molecule is CCOC(=O)CSc1nc2c(c(C3CC=CCC3)c1C#N)CCC2. The van der Waals surface area contributed by atoms with Crippen LogP contribution >= 0.6 is 11.8 Å². The fourth-order valence-electron chi connectivity index (χ4n) is 3.63. The third-order valence-corrected chi connectivity index (χ3v) is 5.60. The maximum Gasteiger partial charge on any atom is 0.316 e. The molecule has 0 spiro atoms. The van der Waals surface area contributed by atoms with Gasteiger partial charge in [0.05, 0.1) is 17.9 Å². The van der Waals surface area contributed by atoms with Crippen LogP contribution in [0.2, 0.25) is 0 Å². The molecule has 5 heteroatoms. The highest BCUT2D eigenvalue weighted by molar-refractivity contribution is 7.99. The van der Waals surface area contributed by atoms with Crippen molar-refractivity contribution in [2.75, 3.05) is 12.4 Å². The molecular weight excluding hydrogens is 320 g/mol. The van der Waals surface area contributed by atoms with Gasteiger partial charge in [-0.1, -0.05) is 23.9 Å². The van der Waals surface area contributed by atoms with Gasteiger partial charge in [0, 0.05) is 5.69 Å². The normalized spacial score (nSPS) is 18.9. The molecule has 1 aromatic heterocycles. The van der Waals surface area contributed by atoms with Crippen molar-refractivity contribution in [2.24, 2.45) is 0 Å². The molecule has 0 amide bonds. The van der Waals surface area contributed by atoms with Crippen molar-refractivity contribution in [3.63, 3.8) is 0 Å². The number of allylic oxidation sites excluding steroid dienone is 2. The van der Waals surface area contributed by atoms with Crippen LogP contribution in [0.15, 0.2) is 17.2 Å². The van der Waals surface area contributed by atoms with Crippen LogP contribution in [0.25, 0.3) is 0 Å². The number of nitrogens with zero attached hydrogens (tertiary/aromatic N) is 2. The van der Waals surface area contributed by atoms with Gasteiger partial charge in [-0.05, 0) is 62.5 Å². The van der Waals surface area contributed by atoms with Gasteiger partial charge in [-0.2, -0.15) is 5.26 Å². The van der Waals surface area contributed by atoms with E-state index < -0.39 is 0 Å². The summed E-state index contributed by atoms with van der Waals surface area (Å²) in [6.07, 6.45) is 10.7. The number of thioether (sulfide) groups is 1. The summed E-state index contributed by atoms with van der Waals surface area (Å²) in [7, 11) is 0. The highest BCUT2D eigenvalue weighted by Gasteiger charge is 2.28. The van der Waals surface area contributed by atoms with E-state index in [-0.39, 0.29) is 11.7 Å². The van der Waals surface area contributed by atoms with Gasteiger partial charge in [-0.3, -0.25) is 4.79 Å². The molecule has 0 saturated carbocycles. The van der Waals surface area contributed by atoms with E-state index in [4.69, 9.17) is 9.72 Å². The minimum Gasteiger partial charge on any atom is -0.465 e. The lowest BCUT2D eigenvalue weighted by atomic mass is 9.83. The summed E-state index contributed by atoms with van der Waals surface area (Å²) in [4.78, 5) is 16.4. The molecule has 0 bridgehead atoms. The first-order valence-corrected chi connectivity index (χ1v) is 9.62. The zero-order valence-corrected chi connectivity index (χ0v) is 14.8. The van der Waals surface area contributed by atoms with Crippen LogP contribution in [0.1, 0.15) is 60.9 Å². The minimum absolute atomic E-state index is 0.207. The number of aryl methyl sites for hydroxylation is 1. The Kier molecular flexibility index (Phi) is 5.57. The van der Waals surface area contributed by atoms with Gasteiger partial charge in [0.15, 0.2) is 0 Å².